The Bertz CT molecular complexity index is 1330. The second-order valence-electron chi connectivity index (χ2n) is 9.18. The molecule has 0 radical (unpaired) electrons. The van der Waals surface area contributed by atoms with Crippen LogP contribution in [0.4, 0.5) is 11.6 Å². The number of benzene rings is 2. The summed E-state index contributed by atoms with van der Waals surface area (Å²) < 4.78 is 6.90. The van der Waals surface area contributed by atoms with E-state index in [1.165, 1.54) is 18.4 Å². The molecule has 0 spiro atoms. The molecule has 3 aromatic rings. The number of anilines is 2. The molecule has 1 aliphatic heterocycles. The zero-order valence-corrected chi connectivity index (χ0v) is 20.4. The zero-order chi connectivity index (χ0) is 25.1. The Morgan fingerprint density at radius 3 is 2.67 bits per heavy atom. The fraction of sp³-hybridized carbons (Fsp3) is 0.357. The van der Waals surface area contributed by atoms with Gasteiger partial charge >= 0.3 is 5.97 Å². The fourth-order valence-electron chi connectivity index (χ4n) is 4.99. The topological polar surface area (TPSA) is 93.5 Å². The summed E-state index contributed by atoms with van der Waals surface area (Å²) >= 11 is 0. The maximum Gasteiger partial charge on any atom is 0.338 e. The predicted octanol–water partition coefficient (Wildman–Crippen LogP) is 5.02. The number of allylic oxidation sites excluding steroid dienone is 1. The van der Waals surface area contributed by atoms with Crippen molar-refractivity contribution in [2.45, 2.75) is 51.5 Å². The van der Waals surface area contributed by atoms with E-state index in [-0.39, 0.29) is 18.2 Å². The number of rotatable bonds is 8. The van der Waals surface area contributed by atoms with Gasteiger partial charge in [-0.25, -0.2) is 9.78 Å². The van der Waals surface area contributed by atoms with E-state index in [0.717, 1.165) is 30.3 Å². The number of amides is 2. The van der Waals surface area contributed by atoms with Crippen molar-refractivity contribution in [2.24, 2.45) is 0 Å². The van der Waals surface area contributed by atoms with Gasteiger partial charge in [0.25, 0.3) is 5.91 Å². The first-order valence-corrected chi connectivity index (χ1v) is 12.6. The number of hydrogen-bond donors (Lipinski definition) is 1. The number of nitrogens with zero attached hydrogens (tertiary/aromatic N) is 3. The number of fused-ring (bicyclic) bond motifs is 3. The van der Waals surface area contributed by atoms with E-state index < -0.39 is 12.0 Å². The van der Waals surface area contributed by atoms with Crippen LogP contribution in [0.3, 0.4) is 0 Å². The Morgan fingerprint density at radius 1 is 1.11 bits per heavy atom. The van der Waals surface area contributed by atoms with Gasteiger partial charge in [-0.05, 0) is 75.4 Å². The highest BCUT2D eigenvalue weighted by atomic mass is 16.5. The SMILES string of the molecule is CCOC(=O)c1ccc(NC(=O)C[C@H]2C(=O)N(CCC3=CCCCC3)c3nc4ccccc4n32)cc1. The minimum absolute atomic E-state index is 0.00892. The van der Waals surface area contributed by atoms with E-state index >= 15 is 0 Å². The molecule has 2 amide bonds. The molecule has 1 aromatic heterocycles. The molecule has 2 aromatic carbocycles. The Kier molecular flexibility index (Phi) is 6.84. The summed E-state index contributed by atoms with van der Waals surface area (Å²) in [4.78, 5) is 44.9. The highest BCUT2D eigenvalue weighted by Gasteiger charge is 2.40. The molecule has 0 fully saturated rings. The van der Waals surface area contributed by atoms with Crippen molar-refractivity contribution in [3.8, 4) is 0 Å². The van der Waals surface area contributed by atoms with Crippen molar-refractivity contribution < 1.29 is 19.1 Å². The van der Waals surface area contributed by atoms with Crippen LogP contribution in [0.25, 0.3) is 11.0 Å². The van der Waals surface area contributed by atoms with Crippen LogP contribution in [0, 0.1) is 0 Å². The first kappa shape index (κ1) is 23.8. The number of hydrogen-bond acceptors (Lipinski definition) is 5. The molecule has 8 nitrogen and oxygen atoms in total. The Labute approximate surface area is 209 Å². The molecule has 0 unspecified atom stereocenters. The zero-order valence-electron chi connectivity index (χ0n) is 20.4. The normalized spacial score (nSPS) is 17.1. The lowest BCUT2D eigenvalue weighted by Crippen LogP contribution is -2.32. The van der Waals surface area contributed by atoms with Crippen molar-refractivity contribution >= 4 is 40.5 Å². The fourth-order valence-corrected chi connectivity index (χ4v) is 4.99. The summed E-state index contributed by atoms with van der Waals surface area (Å²) in [6.07, 6.45) is 7.72. The number of imidazole rings is 1. The van der Waals surface area contributed by atoms with Crippen molar-refractivity contribution in [1.29, 1.82) is 0 Å². The molecular formula is C28H30N4O4. The predicted molar refractivity (Wildman–Crippen MR) is 138 cm³/mol. The summed E-state index contributed by atoms with van der Waals surface area (Å²) in [5, 5.41) is 2.85. The van der Waals surface area contributed by atoms with Crippen LogP contribution in [0.2, 0.25) is 0 Å². The first-order chi connectivity index (χ1) is 17.5. The van der Waals surface area contributed by atoms with E-state index in [0.29, 0.717) is 30.4 Å². The number of nitrogens with one attached hydrogen (secondary N) is 1. The molecule has 2 aliphatic rings. The summed E-state index contributed by atoms with van der Waals surface area (Å²) in [6.45, 7) is 2.60. The van der Waals surface area contributed by atoms with Gasteiger partial charge in [-0.2, -0.15) is 0 Å². The van der Waals surface area contributed by atoms with Crippen LogP contribution >= 0.6 is 0 Å². The standard InChI is InChI=1S/C28H30N4O4/c1-2-36-27(35)20-12-14-21(15-13-20)29-25(33)18-24-26(34)31(17-16-19-8-4-3-5-9-19)28-30-22-10-6-7-11-23(22)32(24)28/h6-8,10-15,24H,2-5,9,16-18H2,1H3,(H,29,33)/t24-/m0/s1. The molecule has 2 heterocycles. The average molecular weight is 487 g/mol. The number of carbonyl (C=O) groups excluding carboxylic acids is 3. The molecule has 1 N–H and O–H groups in total. The minimum atomic E-state index is -0.661. The van der Waals surface area contributed by atoms with Crippen LogP contribution in [-0.2, 0) is 14.3 Å². The van der Waals surface area contributed by atoms with Gasteiger partial charge in [0.05, 0.1) is 29.6 Å². The number of esters is 1. The van der Waals surface area contributed by atoms with Gasteiger partial charge in [-0.1, -0.05) is 23.8 Å². The third-order valence-electron chi connectivity index (χ3n) is 6.78. The van der Waals surface area contributed by atoms with Crippen molar-refractivity contribution in [1.82, 2.24) is 9.55 Å². The van der Waals surface area contributed by atoms with Gasteiger partial charge < -0.3 is 10.1 Å². The van der Waals surface area contributed by atoms with E-state index in [1.54, 1.807) is 36.1 Å². The Hall–Kier alpha value is -3.94. The molecule has 1 aliphatic carbocycles. The molecule has 0 saturated heterocycles. The van der Waals surface area contributed by atoms with Gasteiger partial charge in [0.1, 0.15) is 6.04 Å². The molecule has 0 bridgehead atoms. The molecule has 36 heavy (non-hydrogen) atoms. The summed E-state index contributed by atoms with van der Waals surface area (Å²) in [6, 6.07) is 13.6. The smallest absolute Gasteiger partial charge is 0.338 e. The maximum absolute atomic E-state index is 13.5. The molecule has 5 rings (SSSR count). The third kappa shape index (κ3) is 4.76. The minimum Gasteiger partial charge on any atom is -0.462 e. The van der Waals surface area contributed by atoms with Gasteiger partial charge in [0.2, 0.25) is 11.9 Å². The van der Waals surface area contributed by atoms with E-state index in [2.05, 4.69) is 11.4 Å². The lowest BCUT2D eigenvalue weighted by atomic mass is 9.97. The van der Waals surface area contributed by atoms with E-state index in [1.807, 2.05) is 28.8 Å². The first-order valence-electron chi connectivity index (χ1n) is 12.6. The molecule has 186 valence electrons. The number of ether oxygens (including phenoxy) is 1. The van der Waals surface area contributed by atoms with Crippen LogP contribution in [0.5, 0.6) is 0 Å². The number of carbonyl (C=O) groups is 3. The Balaban J connectivity index is 1.33. The maximum atomic E-state index is 13.5. The van der Waals surface area contributed by atoms with Crippen LogP contribution < -0.4 is 10.2 Å². The number of aromatic nitrogens is 2. The van der Waals surface area contributed by atoms with E-state index in [9.17, 15) is 14.4 Å². The largest absolute Gasteiger partial charge is 0.462 e. The summed E-state index contributed by atoms with van der Waals surface area (Å²) in [7, 11) is 0. The Morgan fingerprint density at radius 2 is 1.92 bits per heavy atom. The van der Waals surface area contributed by atoms with Gasteiger partial charge in [0.15, 0.2) is 0 Å². The third-order valence-corrected chi connectivity index (χ3v) is 6.78. The highest BCUT2D eigenvalue weighted by molar-refractivity contribution is 6.05. The molecule has 1 atom stereocenters. The van der Waals surface area contributed by atoms with Crippen molar-refractivity contribution in [2.75, 3.05) is 23.4 Å². The molecular weight excluding hydrogens is 456 g/mol. The second kappa shape index (κ2) is 10.4. The van der Waals surface area contributed by atoms with Crippen molar-refractivity contribution in [3.63, 3.8) is 0 Å². The average Bonchev–Trinajstić information content (AvgIpc) is 3.38. The van der Waals surface area contributed by atoms with Crippen LogP contribution in [0.15, 0.2) is 60.2 Å². The van der Waals surface area contributed by atoms with Gasteiger partial charge in [-0.15, -0.1) is 0 Å². The molecule has 8 heteroatoms. The van der Waals surface area contributed by atoms with Crippen LogP contribution in [0.1, 0.15) is 61.8 Å². The van der Waals surface area contributed by atoms with Gasteiger partial charge in [-0.3, -0.25) is 19.1 Å². The summed E-state index contributed by atoms with van der Waals surface area (Å²) in [5.41, 5.74) is 4.01. The van der Waals surface area contributed by atoms with Gasteiger partial charge in [0, 0.05) is 12.2 Å². The van der Waals surface area contributed by atoms with Crippen molar-refractivity contribution in [3.05, 3.63) is 65.7 Å². The number of para-hydroxylation sites is 2. The second-order valence-corrected chi connectivity index (χ2v) is 9.18. The molecule has 0 saturated carbocycles. The highest BCUT2D eigenvalue weighted by Crippen LogP contribution is 2.37. The van der Waals surface area contributed by atoms with Crippen LogP contribution in [-0.4, -0.2) is 40.5 Å². The lowest BCUT2D eigenvalue weighted by Gasteiger charge is -2.18. The lowest BCUT2D eigenvalue weighted by molar-refractivity contribution is -0.124. The van der Waals surface area contributed by atoms with E-state index in [4.69, 9.17) is 9.72 Å². The monoisotopic (exact) mass is 486 g/mol. The summed E-state index contributed by atoms with van der Waals surface area (Å²) in [5.74, 6) is -0.185. The quantitative estimate of drug-likeness (QED) is 0.356.